The lowest BCUT2D eigenvalue weighted by Crippen LogP contribution is -2.25. The van der Waals surface area contributed by atoms with Gasteiger partial charge in [0.15, 0.2) is 9.84 Å². The Morgan fingerprint density at radius 2 is 1.97 bits per heavy atom. The van der Waals surface area contributed by atoms with Crippen molar-refractivity contribution in [1.29, 1.82) is 0 Å². The van der Waals surface area contributed by atoms with Crippen molar-refractivity contribution in [2.45, 2.75) is 31.6 Å². The summed E-state index contributed by atoms with van der Waals surface area (Å²) in [5, 5.41) is 4.24. The van der Waals surface area contributed by atoms with Crippen molar-refractivity contribution in [2.24, 2.45) is 0 Å². The van der Waals surface area contributed by atoms with E-state index in [-0.39, 0.29) is 23.9 Å². The van der Waals surface area contributed by atoms with Crippen molar-refractivity contribution < 1.29 is 17.9 Å². The molecule has 0 radical (unpaired) electrons. The molecule has 1 aromatic heterocycles. The van der Waals surface area contributed by atoms with Crippen molar-refractivity contribution in [3.63, 3.8) is 0 Å². The van der Waals surface area contributed by atoms with Crippen molar-refractivity contribution >= 4 is 27.3 Å². The van der Waals surface area contributed by atoms with Gasteiger partial charge in [-0.2, -0.15) is 4.98 Å². The summed E-state index contributed by atoms with van der Waals surface area (Å²) in [6.07, 6.45) is 8.21. The number of aromatic nitrogens is 2. The minimum Gasteiger partial charge on any atom is -0.438 e. The van der Waals surface area contributed by atoms with Crippen LogP contribution in [0, 0.1) is 0 Å². The van der Waals surface area contributed by atoms with Crippen LogP contribution < -0.4 is 10.1 Å². The fourth-order valence-electron chi connectivity index (χ4n) is 3.08. The molecule has 9 heteroatoms. The van der Waals surface area contributed by atoms with Crippen LogP contribution in [-0.2, 0) is 9.84 Å². The second kappa shape index (κ2) is 9.37. The molecule has 0 bridgehead atoms. The van der Waals surface area contributed by atoms with E-state index in [1.807, 2.05) is 0 Å². The second-order valence-electron chi connectivity index (χ2n) is 6.90. The Balaban J connectivity index is 1.82. The van der Waals surface area contributed by atoms with Gasteiger partial charge in [-0.15, -0.1) is 0 Å². The normalized spacial score (nSPS) is 15.0. The summed E-state index contributed by atoms with van der Waals surface area (Å²) in [7, 11) is -3.25. The summed E-state index contributed by atoms with van der Waals surface area (Å²) >= 11 is 5.92. The number of carbonyl (C=O) groups excluding carboxylic acids is 1. The Morgan fingerprint density at radius 1 is 1.28 bits per heavy atom. The zero-order chi connectivity index (χ0) is 20.9. The number of hydrogen-bond donors (Lipinski definition) is 1. The van der Waals surface area contributed by atoms with Crippen LogP contribution in [0.25, 0.3) is 0 Å². The molecule has 1 fully saturated rings. The van der Waals surface area contributed by atoms with E-state index in [0.717, 1.165) is 37.3 Å². The fraction of sp³-hybridized carbons (Fsp3) is 0.350. The highest BCUT2D eigenvalue weighted by atomic mass is 35.5. The number of hydrogen-bond acceptors (Lipinski definition) is 6. The lowest BCUT2D eigenvalue weighted by atomic mass is 10.1. The van der Waals surface area contributed by atoms with Gasteiger partial charge in [-0.3, -0.25) is 4.79 Å². The van der Waals surface area contributed by atoms with Gasteiger partial charge in [-0.25, -0.2) is 13.4 Å². The van der Waals surface area contributed by atoms with Crippen molar-refractivity contribution in [3.8, 4) is 11.6 Å². The first-order valence-electron chi connectivity index (χ1n) is 9.27. The van der Waals surface area contributed by atoms with E-state index in [9.17, 15) is 13.2 Å². The molecule has 7 nitrogen and oxygen atoms in total. The molecule has 154 valence electrons. The average molecular weight is 436 g/mol. The summed E-state index contributed by atoms with van der Waals surface area (Å²) in [5.74, 6) is 1.13. The van der Waals surface area contributed by atoms with Gasteiger partial charge in [0.05, 0.1) is 0 Å². The van der Waals surface area contributed by atoms with Crippen LogP contribution >= 0.6 is 11.6 Å². The lowest BCUT2D eigenvalue weighted by Gasteiger charge is -2.13. The smallest absolute Gasteiger partial charge is 0.258 e. The summed E-state index contributed by atoms with van der Waals surface area (Å²) in [6.45, 7) is 0.0522. The summed E-state index contributed by atoms with van der Waals surface area (Å²) in [6, 6.07) is 6.75. The quantitative estimate of drug-likeness (QED) is 0.708. The first-order chi connectivity index (χ1) is 13.8. The molecule has 2 aromatic rings. The average Bonchev–Trinajstić information content (AvgIpc) is 3.21. The molecule has 0 saturated heterocycles. The van der Waals surface area contributed by atoms with E-state index in [1.165, 1.54) is 12.3 Å². The molecule has 1 saturated carbocycles. The van der Waals surface area contributed by atoms with Gasteiger partial charge in [0.1, 0.15) is 17.1 Å². The van der Waals surface area contributed by atoms with Crippen LogP contribution in [0.1, 0.15) is 47.8 Å². The zero-order valence-electron chi connectivity index (χ0n) is 16.0. The Bertz CT molecular complexity index is 1000. The van der Waals surface area contributed by atoms with Crippen LogP contribution in [0.3, 0.4) is 0 Å². The number of benzene rings is 1. The molecule has 1 aliphatic carbocycles. The number of amides is 1. The number of rotatable bonds is 7. The summed E-state index contributed by atoms with van der Waals surface area (Å²) in [5.41, 5.74) is 0.175. The number of nitrogens with zero attached hydrogens (tertiary/aromatic N) is 2. The highest BCUT2D eigenvalue weighted by Crippen LogP contribution is 2.34. The molecular formula is C20H22ClN3O4S. The Morgan fingerprint density at radius 3 is 2.62 bits per heavy atom. The van der Waals surface area contributed by atoms with Crippen LogP contribution in [0.4, 0.5) is 0 Å². The zero-order valence-corrected chi connectivity index (χ0v) is 17.5. The topological polar surface area (TPSA) is 98.2 Å². The maximum atomic E-state index is 12.6. The molecule has 1 aromatic carbocycles. The maximum absolute atomic E-state index is 12.6. The van der Waals surface area contributed by atoms with Crippen LogP contribution in [-0.4, -0.2) is 37.1 Å². The first-order valence-corrected chi connectivity index (χ1v) is 11.6. The SMILES string of the molecule is CS(=O)(=O)/C=C/CNC(=O)c1cnc(C2CCCC2)nc1Oc1ccc(Cl)cc1. The molecule has 1 N–H and O–H groups in total. The number of sulfone groups is 1. The summed E-state index contributed by atoms with van der Waals surface area (Å²) in [4.78, 5) is 21.5. The van der Waals surface area contributed by atoms with Crippen LogP contribution in [0.15, 0.2) is 41.9 Å². The van der Waals surface area contributed by atoms with E-state index in [2.05, 4.69) is 15.3 Å². The number of nitrogens with one attached hydrogen (secondary N) is 1. The molecule has 0 spiro atoms. The first kappa shape index (κ1) is 21.3. The van der Waals surface area contributed by atoms with Crippen molar-refractivity contribution in [3.05, 3.63) is 58.4 Å². The lowest BCUT2D eigenvalue weighted by molar-refractivity contribution is 0.0954. The van der Waals surface area contributed by atoms with E-state index >= 15 is 0 Å². The van der Waals surface area contributed by atoms with Crippen molar-refractivity contribution in [1.82, 2.24) is 15.3 Å². The molecule has 1 aliphatic rings. The minimum atomic E-state index is -3.25. The van der Waals surface area contributed by atoms with E-state index in [1.54, 1.807) is 24.3 Å². The molecule has 29 heavy (non-hydrogen) atoms. The van der Waals surface area contributed by atoms with Gasteiger partial charge in [-0.05, 0) is 37.1 Å². The molecule has 0 unspecified atom stereocenters. The molecule has 0 atom stereocenters. The largest absolute Gasteiger partial charge is 0.438 e. The fourth-order valence-corrected chi connectivity index (χ4v) is 3.65. The van der Waals surface area contributed by atoms with Gasteiger partial charge < -0.3 is 10.1 Å². The van der Waals surface area contributed by atoms with Crippen LogP contribution in [0.5, 0.6) is 11.6 Å². The van der Waals surface area contributed by atoms with E-state index in [4.69, 9.17) is 16.3 Å². The Kier molecular flexibility index (Phi) is 6.87. The van der Waals surface area contributed by atoms with E-state index in [0.29, 0.717) is 16.6 Å². The third kappa shape index (κ3) is 6.27. The number of ether oxygens (including phenoxy) is 1. The van der Waals surface area contributed by atoms with Gasteiger partial charge in [0.25, 0.3) is 5.91 Å². The minimum absolute atomic E-state index is 0.0522. The van der Waals surface area contributed by atoms with Crippen molar-refractivity contribution in [2.75, 3.05) is 12.8 Å². The molecule has 0 aliphatic heterocycles. The standard InChI is InChI=1S/C20H22ClN3O4S/c1-29(26,27)12-4-11-22-19(25)17-13-23-18(14-5-2-3-6-14)24-20(17)28-16-9-7-15(21)8-10-16/h4,7-10,12-14H,2-3,5-6,11H2,1H3,(H,22,25)/b12-4+. The third-order valence-corrected chi connectivity index (χ3v) is 5.43. The van der Waals surface area contributed by atoms with Gasteiger partial charge in [0.2, 0.25) is 5.88 Å². The molecule has 1 heterocycles. The number of halogens is 1. The molecule has 3 rings (SSSR count). The Hall–Kier alpha value is -2.45. The van der Waals surface area contributed by atoms with Crippen LogP contribution in [0.2, 0.25) is 5.02 Å². The predicted octanol–water partition coefficient (Wildman–Crippen LogP) is 3.87. The third-order valence-electron chi connectivity index (χ3n) is 4.49. The van der Waals surface area contributed by atoms with Gasteiger partial charge >= 0.3 is 0 Å². The highest BCUT2D eigenvalue weighted by molar-refractivity contribution is 7.93. The predicted molar refractivity (Wildman–Crippen MR) is 111 cm³/mol. The Labute approximate surface area is 175 Å². The van der Waals surface area contributed by atoms with E-state index < -0.39 is 15.7 Å². The van der Waals surface area contributed by atoms with Gasteiger partial charge in [0, 0.05) is 35.3 Å². The maximum Gasteiger partial charge on any atom is 0.258 e. The summed E-state index contributed by atoms with van der Waals surface area (Å²) < 4.78 is 28.1. The van der Waals surface area contributed by atoms with Gasteiger partial charge in [-0.1, -0.05) is 30.5 Å². The highest BCUT2D eigenvalue weighted by Gasteiger charge is 2.23. The second-order valence-corrected chi connectivity index (χ2v) is 9.26. The molecular weight excluding hydrogens is 414 g/mol. The number of carbonyl (C=O) groups is 1. The molecule has 1 amide bonds. The monoisotopic (exact) mass is 435 g/mol.